The molecule has 0 unspecified atom stereocenters. The van der Waals surface area contributed by atoms with Crippen LogP contribution in [0, 0.1) is 13.8 Å². The van der Waals surface area contributed by atoms with Crippen LogP contribution >= 0.6 is 22.9 Å². The number of carbonyl (C=O) groups excluding carboxylic acids is 2. The van der Waals surface area contributed by atoms with E-state index in [9.17, 15) is 9.59 Å². The molecule has 30 heavy (non-hydrogen) atoms. The Balaban J connectivity index is 1.49. The predicted octanol–water partition coefficient (Wildman–Crippen LogP) is 3.50. The summed E-state index contributed by atoms with van der Waals surface area (Å²) in [5, 5.41) is 2.87. The van der Waals surface area contributed by atoms with Crippen molar-refractivity contribution < 1.29 is 14.3 Å². The molecule has 1 N–H and O–H groups in total. The number of hydrogen-bond donors (Lipinski definition) is 1. The Morgan fingerprint density at radius 1 is 1.30 bits per heavy atom. The second-order valence-electron chi connectivity index (χ2n) is 7.00. The number of aromatic nitrogens is 2. The van der Waals surface area contributed by atoms with Crippen LogP contribution in [0.4, 0.5) is 5.69 Å². The number of benzene rings is 1. The average Bonchev–Trinajstić information content (AvgIpc) is 3.32. The molecule has 156 valence electrons. The Morgan fingerprint density at radius 3 is 2.83 bits per heavy atom. The third-order valence-electron chi connectivity index (χ3n) is 4.89. The maximum atomic E-state index is 12.2. The van der Waals surface area contributed by atoms with E-state index in [4.69, 9.17) is 16.3 Å². The molecule has 1 fully saturated rings. The van der Waals surface area contributed by atoms with Gasteiger partial charge in [-0.25, -0.2) is 4.98 Å². The van der Waals surface area contributed by atoms with Gasteiger partial charge in [-0.15, -0.1) is 11.3 Å². The molecule has 1 aromatic carbocycles. The Kier molecular flexibility index (Phi) is 5.90. The van der Waals surface area contributed by atoms with Crippen molar-refractivity contribution in [1.82, 2.24) is 14.9 Å². The Labute approximate surface area is 183 Å². The van der Waals surface area contributed by atoms with Crippen LogP contribution in [-0.2, 0) is 16.1 Å². The lowest BCUT2D eigenvalue weighted by molar-refractivity contribution is -0.125. The maximum absolute atomic E-state index is 12.2. The van der Waals surface area contributed by atoms with E-state index in [-0.39, 0.29) is 18.4 Å². The molecule has 1 aliphatic heterocycles. The Bertz CT molecular complexity index is 1110. The van der Waals surface area contributed by atoms with Gasteiger partial charge in [0.1, 0.15) is 12.4 Å². The molecule has 0 aliphatic carbocycles. The first kappa shape index (κ1) is 20.6. The quantitative estimate of drug-likeness (QED) is 0.653. The average molecular weight is 445 g/mol. The number of nitrogens with one attached hydrogen (secondary N) is 1. The molecule has 7 nitrogen and oxygen atoms in total. The summed E-state index contributed by atoms with van der Waals surface area (Å²) >= 11 is 7.13. The van der Waals surface area contributed by atoms with Crippen molar-refractivity contribution in [2.24, 2.45) is 0 Å². The Morgan fingerprint density at radius 2 is 2.13 bits per heavy atom. The zero-order chi connectivity index (χ0) is 21.3. The summed E-state index contributed by atoms with van der Waals surface area (Å²) in [5.41, 5.74) is 3.60. The molecule has 3 aromatic rings. The largest absolute Gasteiger partial charge is 0.370 e. The van der Waals surface area contributed by atoms with Gasteiger partial charge in [0.15, 0.2) is 0 Å². The highest BCUT2D eigenvalue weighted by atomic mass is 35.5. The van der Waals surface area contributed by atoms with Gasteiger partial charge in [-0.1, -0.05) is 11.6 Å². The zero-order valence-electron chi connectivity index (χ0n) is 16.6. The van der Waals surface area contributed by atoms with E-state index in [0.29, 0.717) is 28.9 Å². The topological polar surface area (TPSA) is 76.5 Å². The fourth-order valence-electron chi connectivity index (χ4n) is 3.44. The van der Waals surface area contributed by atoms with Crippen LogP contribution in [0.25, 0.3) is 5.69 Å². The van der Waals surface area contributed by atoms with Crippen LogP contribution in [0.2, 0.25) is 4.34 Å². The molecule has 4 rings (SSSR count). The number of halogens is 1. The second kappa shape index (κ2) is 8.59. The summed E-state index contributed by atoms with van der Waals surface area (Å²) in [6.07, 6.45) is 1.91. The molecule has 0 bridgehead atoms. The first-order chi connectivity index (χ1) is 14.4. The van der Waals surface area contributed by atoms with Crippen LogP contribution in [0.3, 0.4) is 0 Å². The standard InChI is InChI=1S/C21H21ClN4O3S/c1-13-9-16(3-4-17(13)25-7-8-29-12-20(25)27)26-11-15(24-14(26)2)10-23-21(28)18-5-6-19(22)30-18/h3-6,9,11H,7-8,10,12H2,1-2H3,(H,23,28). The van der Waals surface area contributed by atoms with Crippen molar-refractivity contribution in [3.8, 4) is 5.69 Å². The van der Waals surface area contributed by atoms with Crippen molar-refractivity contribution in [1.29, 1.82) is 0 Å². The van der Waals surface area contributed by atoms with Crippen LogP contribution in [0.1, 0.15) is 26.8 Å². The number of ether oxygens (including phenoxy) is 1. The highest BCUT2D eigenvalue weighted by Gasteiger charge is 2.22. The number of imidazole rings is 1. The van der Waals surface area contributed by atoms with Crippen molar-refractivity contribution in [2.75, 3.05) is 24.7 Å². The highest BCUT2D eigenvalue weighted by Crippen LogP contribution is 2.25. The number of anilines is 1. The summed E-state index contributed by atoms with van der Waals surface area (Å²) in [5.74, 6) is 0.614. The van der Waals surface area contributed by atoms with Gasteiger partial charge >= 0.3 is 0 Å². The first-order valence-corrected chi connectivity index (χ1v) is 10.7. The zero-order valence-corrected chi connectivity index (χ0v) is 18.2. The monoisotopic (exact) mass is 444 g/mol. The van der Waals surface area contributed by atoms with Crippen molar-refractivity contribution in [3.63, 3.8) is 0 Å². The number of aryl methyl sites for hydroxylation is 2. The molecular formula is C21H21ClN4O3S. The highest BCUT2D eigenvalue weighted by molar-refractivity contribution is 7.17. The van der Waals surface area contributed by atoms with Gasteiger partial charge in [-0.05, 0) is 49.7 Å². The SMILES string of the molecule is Cc1cc(-n2cc(CNC(=O)c3ccc(Cl)s3)nc2C)ccc1N1CCOCC1=O. The summed E-state index contributed by atoms with van der Waals surface area (Å²) in [6, 6.07) is 9.36. The van der Waals surface area contributed by atoms with Gasteiger partial charge in [0.05, 0.1) is 28.1 Å². The van der Waals surface area contributed by atoms with E-state index in [1.165, 1.54) is 11.3 Å². The van der Waals surface area contributed by atoms with Gasteiger partial charge < -0.3 is 19.5 Å². The molecule has 2 amide bonds. The van der Waals surface area contributed by atoms with Gasteiger partial charge in [-0.2, -0.15) is 0 Å². The van der Waals surface area contributed by atoms with Gasteiger partial charge in [0.2, 0.25) is 0 Å². The molecule has 0 atom stereocenters. The van der Waals surface area contributed by atoms with Crippen LogP contribution < -0.4 is 10.2 Å². The number of thiophene rings is 1. The van der Waals surface area contributed by atoms with Crippen molar-refractivity contribution in [3.05, 3.63) is 62.8 Å². The van der Waals surface area contributed by atoms with Crippen LogP contribution in [0.15, 0.2) is 36.5 Å². The minimum atomic E-state index is -0.172. The van der Waals surface area contributed by atoms with E-state index in [2.05, 4.69) is 10.3 Å². The van der Waals surface area contributed by atoms with Crippen LogP contribution in [0.5, 0.6) is 0 Å². The number of carbonyl (C=O) groups is 2. The number of rotatable bonds is 5. The normalized spacial score (nSPS) is 14.2. The van der Waals surface area contributed by atoms with E-state index in [1.54, 1.807) is 17.0 Å². The third-order valence-corrected chi connectivity index (χ3v) is 6.12. The molecule has 0 spiro atoms. The van der Waals surface area contributed by atoms with E-state index >= 15 is 0 Å². The minimum absolute atomic E-state index is 0.0269. The molecule has 1 aliphatic rings. The molecule has 3 heterocycles. The molecule has 0 saturated carbocycles. The lowest BCUT2D eigenvalue weighted by Crippen LogP contribution is -2.42. The lowest BCUT2D eigenvalue weighted by atomic mass is 10.1. The van der Waals surface area contributed by atoms with Crippen molar-refractivity contribution in [2.45, 2.75) is 20.4 Å². The fraction of sp³-hybridized carbons (Fsp3) is 0.286. The molecule has 1 saturated heterocycles. The summed E-state index contributed by atoms with van der Waals surface area (Å²) < 4.78 is 7.77. The predicted molar refractivity (Wildman–Crippen MR) is 117 cm³/mol. The van der Waals surface area contributed by atoms with Gasteiger partial charge in [-0.3, -0.25) is 9.59 Å². The van der Waals surface area contributed by atoms with E-state index in [1.807, 2.05) is 42.8 Å². The number of hydrogen-bond acceptors (Lipinski definition) is 5. The van der Waals surface area contributed by atoms with E-state index < -0.39 is 0 Å². The summed E-state index contributed by atoms with van der Waals surface area (Å²) in [7, 11) is 0. The lowest BCUT2D eigenvalue weighted by Gasteiger charge is -2.28. The maximum Gasteiger partial charge on any atom is 0.261 e. The smallest absolute Gasteiger partial charge is 0.261 e. The third kappa shape index (κ3) is 4.26. The Hall–Kier alpha value is -2.68. The number of morpholine rings is 1. The number of nitrogens with zero attached hydrogens (tertiary/aromatic N) is 3. The van der Waals surface area contributed by atoms with Crippen molar-refractivity contribution >= 4 is 40.4 Å². The first-order valence-electron chi connectivity index (χ1n) is 9.50. The second-order valence-corrected chi connectivity index (χ2v) is 8.72. The van der Waals surface area contributed by atoms with Gasteiger partial charge in [0.25, 0.3) is 11.8 Å². The van der Waals surface area contributed by atoms with Crippen LogP contribution in [-0.4, -0.2) is 41.1 Å². The molecule has 2 aromatic heterocycles. The molecular weight excluding hydrogens is 424 g/mol. The minimum Gasteiger partial charge on any atom is -0.370 e. The van der Waals surface area contributed by atoms with E-state index in [0.717, 1.165) is 28.5 Å². The fourth-order valence-corrected chi connectivity index (χ4v) is 4.40. The number of amides is 2. The van der Waals surface area contributed by atoms with Gasteiger partial charge in [0, 0.05) is 24.1 Å². The molecule has 0 radical (unpaired) electrons. The molecule has 9 heteroatoms. The summed E-state index contributed by atoms with van der Waals surface area (Å²) in [4.78, 5) is 31.2. The summed E-state index contributed by atoms with van der Waals surface area (Å²) in [6.45, 7) is 5.44.